The fraction of sp³-hybridized carbons (Fsp3) is 0.250. The van der Waals surface area contributed by atoms with Gasteiger partial charge in [0.05, 0.1) is 29.2 Å². The van der Waals surface area contributed by atoms with E-state index >= 15 is 0 Å². The third kappa shape index (κ3) is 4.39. The van der Waals surface area contributed by atoms with Crippen LogP contribution in [0.2, 0.25) is 10.0 Å². The first-order chi connectivity index (χ1) is 14.9. The number of aromatic nitrogens is 6. The second kappa shape index (κ2) is 8.86. The molecule has 0 atom stereocenters. The van der Waals surface area contributed by atoms with Crippen molar-refractivity contribution in [1.29, 1.82) is 0 Å². The van der Waals surface area contributed by atoms with E-state index in [9.17, 15) is 4.79 Å². The Kier molecular flexibility index (Phi) is 6.17. The van der Waals surface area contributed by atoms with Crippen molar-refractivity contribution in [3.8, 4) is 0 Å². The van der Waals surface area contributed by atoms with Gasteiger partial charge in [0, 0.05) is 23.0 Å². The van der Waals surface area contributed by atoms with Crippen LogP contribution in [0.25, 0.3) is 5.78 Å². The number of aryl methyl sites for hydroxylation is 2. The van der Waals surface area contributed by atoms with Crippen molar-refractivity contribution in [2.24, 2.45) is 0 Å². The van der Waals surface area contributed by atoms with E-state index in [0.29, 0.717) is 33.3 Å². The fourth-order valence-electron chi connectivity index (χ4n) is 3.28. The molecule has 0 saturated heterocycles. The minimum atomic E-state index is -0.184. The maximum Gasteiger partial charge on any atom is 0.253 e. The Bertz CT molecular complexity index is 1280. The third-order valence-corrected chi connectivity index (χ3v) is 6.28. The molecule has 0 fully saturated rings. The summed E-state index contributed by atoms with van der Waals surface area (Å²) >= 11 is 13.8. The first kappa shape index (κ1) is 21.6. The summed E-state index contributed by atoms with van der Waals surface area (Å²) < 4.78 is 3.34. The molecule has 31 heavy (non-hydrogen) atoms. The van der Waals surface area contributed by atoms with E-state index in [4.69, 9.17) is 23.2 Å². The number of halogens is 2. The number of carbonyl (C=O) groups is 1. The van der Waals surface area contributed by atoms with Crippen LogP contribution in [0, 0.1) is 13.8 Å². The molecule has 0 radical (unpaired) electrons. The Morgan fingerprint density at radius 2 is 2.00 bits per heavy atom. The van der Waals surface area contributed by atoms with E-state index in [-0.39, 0.29) is 12.3 Å². The molecule has 0 bridgehead atoms. The zero-order valence-corrected chi connectivity index (χ0v) is 19.4. The smallest absolute Gasteiger partial charge is 0.253 e. The summed E-state index contributed by atoms with van der Waals surface area (Å²) in [4.78, 5) is 21.7. The maximum absolute atomic E-state index is 12.8. The van der Waals surface area contributed by atoms with Gasteiger partial charge in [0.25, 0.3) is 5.78 Å². The standard InChI is InChI=1S/C20H19Cl2N7OS/c1-11-14(12(2)29-19(24-11)26-20(27-29)31-3)9-17(30)25-16-7-8-23-28(16)10-13-5-4-6-15(21)18(13)22/h4-8H,9-10H2,1-3H3,(H,25,30). The molecule has 1 N–H and O–H groups in total. The van der Waals surface area contributed by atoms with Crippen LogP contribution in [0.5, 0.6) is 0 Å². The molecule has 0 aliphatic heterocycles. The van der Waals surface area contributed by atoms with Crippen molar-refractivity contribution in [3.05, 3.63) is 63.0 Å². The van der Waals surface area contributed by atoms with Crippen LogP contribution >= 0.6 is 35.0 Å². The highest BCUT2D eigenvalue weighted by Crippen LogP contribution is 2.27. The Morgan fingerprint density at radius 3 is 2.77 bits per heavy atom. The molecular weight excluding hydrogens is 457 g/mol. The third-order valence-electron chi connectivity index (χ3n) is 4.89. The lowest BCUT2D eigenvalue weighted by molar-refractivity contribution is -0.115. The van der Waals surface area contributed by atoms with E-state index in [1.807, 2.05) is 32.2 Å². The predicted molar refractivity (Wildman–Crippen MR) is 122 cm³/mol. The zero-order chi connectivity index (χ0) is 22.1. The predicted octanol–water partition coefficient (Wildman–Crippen LogP) is 4.20. The summed E-state index contributed by atoms with van der Waals surface area (Å²) in [7, 11) is 0. The van der Waals surface area contributed by atoms with Gasteiger partial charge in [-0.25, -0.2) is 14.2 Å². The number of amides is 1. The lowest BCUT2D eigenvalue weighted by atomic mass is 10.1. The van der Waals surface area contributed by atoms with E-state index < -0.39 is 0 Å². The Morgan fingerprint density at radius 1 is 1.19 bits per heavy atom. The highest BCUT2D eigenvalue weighted by atomic mass is 35.5. The van der Waals surface area contributed by atoms with Gasteiger partial charge in [0.1, 0.15) is 5.82 Å². The van der Waals surface area contributed by atoms with Crippen LogP contribution in [0.3, 0.4) is 0 Å². The van der Waals surface area contributed by atoms with E-state index in [0.717, 1.165) is 22.5 Å². The van der Waals surface area contributed by atoms with Crippen molar-refractivity contribution < 1.29 is 4.79 Å². The van der Waals surface area contributed by atoms with Crippen LogP contribution in [0.4, 0.5) is 5.82 Å². The normalized spacial score (nSPS) is 11.3. The minimum Gasteiger partial charge on any atom is -0.311 e. The Labute approximate surface area is 193 Å². The molecule has 4 aromatic rings. The van der Waals surface area contributed by atoms with Crippen LogP contribution in [-0.2, 0) is 17.8 Å². The molecule has 3 heterocycles. The first-order valence-electron chi connectivity index (χ1n) is 9.38. The number of thioether (sulfide) groups is 1. The summed E-state index contributed by atoms with van der Waals surface area (Å²) in [5, 5.41) is 13.2. The van der Waals surface area contributed by atoms with E-state index in [1.165, 1.54) is 11.8 Å². The molecule has 8 nitrogen and oxygen atoms in total. The second-order valence-electron chi connectivity index (χ2n) is 6.88. The number of carbonyl (C=O) groups excluding carboxylic acids is 1. The number of rotatable bonds is 6. The van der Waals surface area contributed by atoms with Gasteiger partial charge in [-0.2, -0.15) is 10.1 Å². The van der Waals surface area contributed by atoms with Gasteiger partial charge in [-0.15, -0.1) is 5.10 Å². The highest BCUT2D eigenvalue weighted by Gasteiger charge is 2.17. The monoisotopic (exact) mass is 475 g/mol. The van der Waals surface area contributed by atoms with Gasteiger partial charge >= 0.3 is 0 Å². The maximum atomic E-state index is 12.8. The first-order valence-corrected chi connectivity index (χ1v) is 11.4. The number of nitrogens with one attached hydrogen (secondary N) is 1. The topological polar surface area (TPSA) is 90.0 Å². The zero-order valence-electron chi connectivity index (χ0n) is 17.1. The van der Waals surface area contributed by atoms with E-state index in [1.54, 1.807) is 27.5 Å². The van der Waals surface area contributed by atoms with Crippen molar-refractivity contribution in [3.63, 3.8) is 0 Å². The largest absolute Gasteiger partial charge is 0.311 e. The number of fused-ring (bicyclic) bond motifs is 1. The quantitative estimate of drug-likeness (QED) is 0.420. The number of benzene rings is 1. The second-order valence-corrected chi connectivity index (χ2v) is 8.44. The molecule has 11 heteroatoms. The van der Waals surface area contributed by atoms with Gasteiger partial charge in [0.2, 0.25) is 11.1 Å². The van der Waals surface area contributed by atoms with Crippen molar-refractivity contribution in [1.82, 2.24) is 29.4 Å². The van der Waals surface area contributed by atoms with Gasteiger partial charge in [0.15, 0.2) is 0 Å². The fourth-order valence-corrected chi connectivity index (χ4v) is 3.99. The molecule has 0 aliphatic carbocycles. The van der Waals surface area contributed by atoms with Crippen molar-refractivity contribution in [2.75, 3.05) is 11.6 Å². The Hall–Kier alpha value is -2.62. The van der Waals surface area contributed by atoms with Crippen LogP contribution < -0.4 is 5.32 Å². The van der Waals surface area contributed by atoms with E-state index in [2.05, 4.69) is 25.5 Å². The number of nitrogens with zero attached hydrogens (tertiary/aromatic N) is 6. The molecule has 160 valence electrons. The summed E-state index contributed by atoms with van der Waals surface area (Å²) in [6.07, 6.45) is 3.68. The molecule has 1 aromatic carbocycles. The summed E-state index contributed by atoms with van der Waals surface area (Å²) in [6, 6.07) is 7.16. The molecule has 0 spiro atoms. The van der Waals surface area contributed by atoms with Gasteiger partial charge in [-0.05, 0) is 31.7 Å². The molecule has 0 unspecified atom stereocenters. The average molecular weight is 476 g/mol. The van der Waals surface area contributed by atoms with Crippen molar-refractivity contribution >= 4 is 52.5 Å². The molecular formula is C20H19Cl2N7OS. The Balaban J connectivity index is 1.54. The summed E-state index contributed by atoms with van der Waals surface area (Å²) in [5.74, 6) is 0.910. The SMILES string of the molecule is CSc1nc2nc(C)c(CC(=O)Nc3ccnn3Cc3cccc(Cl)c3Cl)c(C)n2n1. The van der Waals surface area contributed by atoms with Gasteiger partial charge in [-0.1, -0.05) is 47.1 Å². The molecule has 0 aliphatic rings. The van der Waals surface area contributed by atoms with Crippen LogP contribution in [0.15, 0.2) is 35.6 Å². The number of hydrogen-bond acceptors (Lipinski definition) is 6. The highest BCUT2D eigenvalue weighted by molar-refractivity contribution is 7.98. The molecule has 3 aromatic heterocycles. The number of anilines is 1. The average Bonchev–Trinajstić information content (AvgIpc) is 3.35. The molecule has 1 amide bonds. The molecule has 0 saturated carbocycles. The van der Waals surface area contributed by atoms with Gasteiger partial charge in [-0.3, -0.25) is 4.79 Å². The lowest BCUT2D eigenvalue weighted by Crippen LogP contribution is -2.20. The summed E-state index contributed by atoms with van der Waals surface area (Å²) in [6.45, 7) is 4.16. The lowest BCUT2D eigenvalue weighted by Gasteiger charge is -2.12. The van der Waals surface area contributed by atoms with Gasteiger partial charge < -0.3 is 5.32 Å². The minimum absolute atomic E-state index is 0.151. The van der Waals surface area contributed by atoms with Crippen LogP contribution in [0.1, 0.15) is 22.5 Å². The number of hydrogen-bond donors (Lipinski definition) is 1. The summed E-state index contributed by atoms with van der Waals surface area (Å²) in [5.41, 5.74) is 3.21. The van der Waals surface area contributed by atoms with Crippen molar-refractivity contribution in [2.45, 2.75) is 32.0 Å². The molecule has 4 rings (SSSR count). The van der Waals surface area contributed by atoms with Crippen LogP contribution in [-0.4, -0.2) is 41.5 Å².